The van der Waals surface area contributed by atoms with E-state index in [1.54, 1.807) is 6.26 Å². The maximum atomic E-state index is 5.43. The van der Waals surface area contributed by atoms with Crippen molar-refractivity contribution in [1.82, 2.24) is 5.32 Å². The number of rotatable bonds is 5. The average molecular weight is 336 g/mol. The molecule has 108 valence electrons. The van der Waals surface area contributed by atoms with Crippen LogP contribution in [0.2, 0.25) is 0 Å². The molecule has 1 aromatic heterocycles. The van der Waals surface area contributed by atoms with Crippen LogP contribution >= 0.6 is 15.9 Å². The smallest absolute Gasteiger partial charge is 0.174 e. The molecule has 1 aromatic carbocycles. The fourth-order valence-electron chi connectivity index (χ4n) is 2.81. The Labute approximate surface area is 129 Å². The molecule has 0 saturated heterocycles. The summed E-state index contributed by atoms with van der Waals surface area (Å²) in [6, 6.07) is 6.70. The zero-order valence-electron chi connectivity index (χ0n) is 12.6. The number of benzene rings is 1. The third kappa shape index (κ3) is 3.15. The Balaban J connectivity index is 2.50. The summed E-state index contributed by atoms with van der Waals surface area (Å²) in [5.74, 6) is 0. The lowest BCUT2D eigenvalue weighted by Crippen LogP contribution is -2.24. The first-order chi connectivity index (χ1) is 9.54. The van der Waals surface area contributed by atoms with Gasteiger partial charge in [0.05, 0.1) is 12.3 Å². The van der Waals surface area contributed by atoms with Crippen molar-refractivity contribution in [3.05, 3.63) is 56.9 Å². The maximum Gasteiger partial charge on any atom is 0.174 e. The van der Waals surface area contributed by atoms with Crippen molar-refractivity contribution in [2.24, 2.45) is 0 Å². The first-order valence-corrected chi connectivity index (χ1v) is 7.88. The van der Waals surface area contributed by atoms with Crippen molar-refractivity contribution in [1.29, 1.82) is 0 Å². The lowest BCUT2D eigenvalue weighted by molar-refractivity contribution is 0.522. The molecule has 1 unspecified atom stereocenters. The summed E-state index contributed by atoms with van der Waals surface area (Å²) in [7, 11) is 0. The molecular weight excluding hydrogens is 314 g/mol. The van der Waals surface area contributed by atoms with Crippen LogP contribution in [-0.2, 0) is 0 Å². The molecule has 3 heteroatoms. The summed E-state index contributed by atoms with van der Waals surface area (Å²) in [5, 5.41) is 3.64. The summed E-state index contributed by atoms with van der Waals surface area (Å²) in [6.45, 7) is 9.68. The molecule has 0 bridgehead atoms. The van der Waals surface area contributed by atoms with Gasteiger partial charge < -0.3 is 9.73 Å². The fourth-order valence-corrected chi connectivity index (χ4v) is 3.28. The topological polar surface area (TPSA) is 25.2 Å². The van der Waals surface area contributed by atoms with Gasteiger partial charge in [0.1, 0.15) is 0 Å². The van der Waals surface area contributed by atoms with Crippen molar-refractivity contribution in [2.45, 2.75) is 40.2 Å². The molecule has 1 heterocycles. The minimum absolute atomic E-state index is 0.170. The number of nitrogens with one attached hydrogen (secondary N) is 1. The Morgan fingerprint density at radius 2 is 1.85 bits per heavy atom. The molecule has 0 amide bonds. The van der Waals surface area contributed by atoms with Crippen molar-refractivity contribution in [2.75, 3.05) is 6.54 Å². The van der Waals surface area contributed by atoms with Gasteiger partial charge >= 0.3 is 0 Å². The second-order valence-electron chi connectivity index (χ2n) is 5.35. The molecule has 0 fully saturated rings. The van der Waals surface area contributed by atoms with Gasteiger partial charge in [0, 0.05) is 5.56 Å². The first-order valence-electron chi connectivity index (χ1n) is 7.08. The van der Waals surface area contributed by atoms with Gasteiger partial charge in [-0.2, -0.15) is 0 Å². The van der Waals surface area contributed by atoms with E-state index in [-0.39, 0.29) is 6.04 Å². The number of furan rings is 1. The zero-order chi connectivity index (χ0) is 14.7. The summed E-state index contributed by atoms with van der Waals surface area (Å²) >= 11 is 3.51. The number of aryl methyl sites for hydroxylation is 3. The van der Waals surface area contributed by atoms with Crippen LogP contribution in [0.25, 0.3) is 0 Å². The van der Waals surface area contributed by atoms with E-state index in [0.717, 1.165) is 23.2 Å². The van der Waals surface area contributed by atoms with Crippen LogP contribution < -0.4 is 5.32 Å². The SMILES string of the molecule is CCCNC(c1ccoc1Br)c1c(C)cc(C)cc1C. The van der Waals surface area contributed by atoms with Crippen LogP contribution in [0.15, 0.2) is 33.5 Å². The van der Waals surface area contributed by atoms with Gasteiger partial charge in [-0.15, -0.1) is 0 Å². The van der Waals surface area contributed by atoms with E-state index in [9.17, 15) is 0 Å². The lowest BCUT2D eigenvalue weighted by Gasteiger charge is -2.23. The second-order valence-corrected chi connectivity index (χ2v) is 6.07. The Kier molecular flexibility index (Phi) is 5.06. The minimum Gasteiger partial charge on any atom is -0.457 e. The molecule has 0 aliphatic rings. The lowest BCUT2D eigenvalue weighted by atomic mass is 9.91. The van der Waals surface area contributed by atoms with Crippen LogP contribution in [0, 0.1) is 20.8 Å². The summed E-state index contributed by atoms with van der Waals surface area (Å²) in [6.07, 6.45) is 2.84. The molecule has 2 nitrogen and oxygen atoms in total. The molecule has 20 heavy (non-hydrogen) atoms. The van der Waals surface area contributed by atoms with E-state index in [1.807, 2.05) is 6.07 Å². The van der Waals surface area contributed by atoms with Crippen LogP contribution in [0.1, 0.15) is 47.2 Å². The number of halogens is 1. The van der Waals surface area contributed by atoms with Gasteiger partial charge in [0.25, 0.3) is 0 Å². The monoisotopic (exact) mass is 335 g/mol. The standard InChI is InChI=1S/C17H22BrNO/c1-5-7-19-16(14-6-8-20-17(14)18)15-12(3)9-11(2)10-13(15)4/h6,8-10,16,19H,5,7H2,1-4H3. The predicted molar refractivity (Wildman–Crippen MR) is 87.2 cm³/mol. The van der Waals surface area contributed by atoms with Crippen LogP contribution in [0.4, 0.5) is 0 Å². The summed E-state index contributed by atoms with van der Waals surface area (Å²) < 4.78 is 6.24. The molecule has 0 spiro atoms. The van der Waals surface area contributed by atoms with E-state index in [1.165, 1.54) is 22.3 Å². The molecule has 0 radical (unpaired) electrons. The molecule has 0 aliphatic carbocycles. The van der Waals surface area contributed by atoms with Crippen molar-refractivity contribution >= 4 is 15.9 Å². The maximum absolute atomic E-state index is 5.43. The Hall–Kier alpha value is -1.06. The molecule has 2 rings (SSSR count). The molecule has 0 saturated carbocycles. The van der Waals surface area contributed by atoms with Gasteiger partial charge in [-0.3, -0.25) is 0 Å². The molecule has 0 aliphatic heterocycles. The van der Waals surface area contributed by atoms with Crippen molar-refractivity contribution in [3.63, 3.8) is 0 Å². The fraction of sp³-hybridized carbons (Fsp3) is 0.412. The summed E-state index contributed by atoms with van der Waals surface area (Å²) in [5.41, 5.74) is 6.47. The Morgan fingerprint density at radius 1 is 1.20 bits per heavy atom. The van der Waals surface area contributed by atoms with E-state index in [4.69, 9.17) is 4.42 Å². The van der Waals surface area contributed by atoms with Gasteiger partial charge in [0.2, 0.25) is 0 Å². The van der Waals surface area contributed by atoms with E-state index >= 15 is 0 Å². The largest absolute Gasteiger partial charge is 0.457 e. The van der Waals surface area contributed by atoms with Crippen LogP contribution in [0.5, 0.6) is 0 Å². The second kappa shape index (κ2) is 6.59. The van der Waals surface area contributed by atoms with Gasteiger partial charge in [-0.1, -0.05) is 24.6 Å². The molecule has 2 aromatic rings. The van der Waals surface area contributed by atoms with Crippen LogP contribution in [0.3, 0.4) is 0 Å². The van der Waals surface area contributed by atoms with Crippen LogP contribution in [-0.4, -0.2) is 6.54 Å². The quantitative estimate of drug-likeness (QED) is 0.826. The number of hydrogen-bond donors (Lipinski definition) is 1. The van der Waals surface area contributed by atoms with Gasteiger partial charge in [-0.05, 0) is 72.4 Å². The minimum atomic E-state index is 0.170. The highest BCUT2D eigenvalue weighted by molar-refractivity contribution is 9.10. The Bertz CT molecular complexity index is 565. The predicted octanol–water partition coefficient (Wildman–Crippen LogP) is 5.06. The van der Waals surface area contributed by atoms with Gasteiger partial charge in [0.15, 0.2) is 4.67 Å². The first kappa shape index (κ1) is 15.3. The molecular formula is C17H22BrNO. The van der Waals surface area contributed by atoms with Crippen molar-refractivity contribution < 1.29 is 4.42 Å². The third-order valence-electron chi connectivity index (χ3n) is 3.58. The van der Waals surface area contributed by atoms with Gasteiger partial charge in [-0.25, -0.2) is 0 Å². The molecule has 1 atom stereocenters. The summed E-state index contributed by atoms with van der Waals surface area (Å²) in [4.78, 5) is 0. The van der Waals surface area contributed by atoms with E-state index in [2.05, 4.69) is 61.1 Å². The highest BCUT2D eigenvalue weighted by atomic mass is 79.9. The highest BCUT2D eigenvalue weighted by Crippen LogP contribution is 2.33. The molecule has 1 N–H and O–H groups in total. The normalized spacial score (nSPS) is 12.7. The zero-order valence-corrected chi connectivity index (χ0v) is 14.2. The van der Waals surface area contributed by atoms with E-state index < -0.39 is 0 Å². The van der Waals surface area contributed by atoms with E-state index in [0.29, 0.717) is 0 Å². The average Bonchev–Trinajstić information content (AvgIpc) is 2.78. The Morgan fingerprint density at radius 3 is 2.35 bits per heavy atom. The van der Waals surface area contributed by atoms with Crippen molar-refractivity contribution in [3.8, 4) is 0 Å². The third-order valence-corrected chi connectivity index (χ3v) is 4.23. The number of hydrogen-bond acceptors (Lipinski definition) is 2. The highest BCUT2D eigenvalue weighted by Gasteiger charge is 2.21.